The van der Waals surface area contributed by atoms with Crippen molar-refractivity contribution >= 4 is 0 Å². The lowest BCUT2D eigenvalue weighted by atomic mass is 10.1. The molecule has 0 saturated heterocycles. The van der Waals surface area contributed by atoms with E-state index >= 15 is 0 Å². The van der Waals surface area contributed by atoms with Crippen LogP contribution in [0.15, 0.2) is 24.4 Å². The summed E-state index contributed by atoms with van der Waals surface area (Å²) >= 11 is 0. The molecule has 1 N–H and O–H groups in total. The Kier molecular flexibility index (Phi) is 5.39. The van der Waals surface area contributed by atoms with Crippen molar-refractivity contribution in [2.75, 3.05) is 6.54 Å². The van der Waals surface area contributed by atoms with E-state index in [2.05, 4.69) is 47.1 Å². The number of aromatic nitrogens is 3. The summed E-state index contributed by atoms with van der Waals surface area (Å²) in [7, 11) is 0. The van der Waals surface area contributed by atoms with Gasteiger partial charge in [-0.3, -0.25) is 4.98 Å². The molecule has 2 rings (SSSR count). The number of pyridine rings is 1. The number of hydrogen-bond donors (Lipinski definition) is 1. The molecule has 0 spiro atoms. The summed E-state index contributed by atoms with van der Waals surface area (Å²) in [5.74, 6) is 1.36. The largest absolute Gasteiger partial charge is 0.311 e. The summed E-state index contributed by atoms with van der Waals surface area (Å²) < 4.78 is 0. The van der Waals surface area contributed by atoms with E-state index in [0.717, 1.165) is 42.4 Å². The Morgan fingerprint density at radius 3 is 2.76 bits per heavy atom. The lowest BCUT2D eigenvalue weighted by Gasteiger charge is -2.10. The molecule has 0 saturated carbocycles. The van der Waals surface area contributed by atoms with Gasteiger partial charge < -0.3 is 5.32 Å². The Morgan fingerprint density at radius 2 is 2.05 bits per heavy atom. The van der Waals surface area contributed by atoms with Gasteiger partial charge in [-0.1, -0.05) is 26.8 Å². The maximum absolute atomic E-state index is 4.67. The van der Waals surface area contributed by atoms with Gasteiger partial charge in [-0.05, 0) is 43.5 Å². The number of rotatable bonds is 6. The number of nitrogens with one attached hydrogen (secondary N) is 1. The van der Waals surface area contributed by atoms with Crippen molar-refractivity contribution in [1.29, 1.82) is 0 Å². The molecule has 0 fully saturated rings. The first-order valence-corrected chi connectivity index (χ1v) is 7.59. The molecule has 0 bridgehead atoms. The SMILES string of the molecule is CCc1cccnc1-c1nc(C)cc(CNCC(C)C)n1. The van der Waals surface area contributed by atoms with Gasteiger partial charge in [0.1, 0.15) is 5.69 Å². The molecule has 0 atom stereocenters. The van der Waals surface area contributed by atoms with Gasteiger partial charge in [0, 0.05) is 18.4 Å². The maximum Gasteiger partial charge on any atom is 0.178 e. The molecule has 0 aliphatic heterocycles. The molecule has 0 aliphatic carbocycles. The second-order valence-electron chi connectivity index (χ2n) is 5.71. The van der Waals surface area contributed by atoms with E-state index in [1.165, 1.54) is 5.56 Å². The quantitative estimate of drug-likeness (QED) is 0.885. The van der Waals surface area contributed by atoms with E-state index in [4.69, 9.17) is 0 Å². The van der Waals surface area contributed by atoms with Crippen molar-refractivity contribution in [1.82, 2.24) is 20.3 Å². The van der Waals surface area contributed by atoms with Crippen LogP contribution in [0.2, 0.25) is 0 Å². The fraction of sp³-hybridized carbons (Fsp3) is 0.471. The average Bonchev–Trinajstić information content (AvgIpc) is 2.46. The molecule has 0 aliphatic rings. The van der Waals surface area contributed by atoms with E-state index in [9.17, 15) is 0 Å². The van der Waals surface area contributed by atoms with Gasteiger partial charge in [0.15, 0.2) is 5.82 Å². The highest BCUT2D eigenvalue weighted by Crippen LogP contribution is 2.18. The number of hydrogen-bond acceptors (Lipinski definition) is 4. The van der Waals surface area contributed by atoms with E-state index in [1.807, 2.05) is 19.1 Å². The molecule has 2 heterocycles. The first-order valence-electron chi connectivity index (χ1n) is 7.59. The zero-order valence-electron chi connectivity index (χ0n) is 13.3. The molecule has 0 amide bonds. The van der Waals surface area contributed by atoms with Crippen LogP contribution in [0, 0.1) is 12.8 Å². The molecule has 0 radical (unpaired) electrons. The molecule has 112 valence electrons. The van der Waals surface area contributed by atoms with Crippen molar-refractivity contribution in [3.8, 4) is 11.5 Å². The van der Waals surface area contributed by atoms with Gasteiger partial charge in [-0.15, -0.1) is 0 Å². The van der Waals surface area contributed by atoms with Gasteiger partial charge in [0.25, 0.3) is 0 Å². The molecule has 4 heteroatoms. The molecule has 21 heavy (non-hydrogen) atoms. The van der Waals surface area contributed by atoms with Crippen molar-refractivity contribution in [2.24, 2.45) is 5.92 Å². The molecule has 4 nitrogen and oxygen atoms in total. The predicted octanol–water partition coefficient (Wildman–Crippen LogP) is 3.16. The van der Waals surface area contributed by atoms with Crippen LogP contribution in [0.4, 0.5) is 0 Å². The first-order chi connectivity index (χ1) is 10.1. The number of nitrogens with zero attached hydrogens (tertiary/aromatic N) is 3. The fourth-order valence-electron chi connectivity index (χ4n) is 2.24. The summed E-state index contributed by atoms with van der Waals surface area (Å²) in [5.41, 5.74) is 4.08. The topological polar surface area (TPSA) is 50.7 Å². The van der Waals surface area contributed by atoms with Crippen LogP contribution in [0.5, 0.6) is 0 Å². The monoisotopic (exact) mass is 284 g/mol. The van der Waals surface area contributed by atoms with E-state index in [-0.39, 0.29) is 0 Å². The van der Waals surface area contributed by atoms with E-state index in [0.29, 0.717) is 5.92 Å². The minimum Gasteiger partial charge on any atom is -0.311 e. The van der Waals surface area contributed by atoms with Gasteiger partial charge in [-0.2, -0.15) is 0 Å². The van der Waals surface area contributed by atoms with Crippen LogP contribution in [-0.2, 0) is 13.0 Å². The highest BCUT2D eigenvalue weighted by Gasteiger charge is 2.10. The molecule has 2 aromatic rings. The van der Waals surface area contributed by atoms with Crippen LogP contribution in [0.25, 0.3) is 11.5 Å². The summed E-state index contributed by atoms with van der Waals surface area (Å²) in [6.07, 6.45) is 2.73. The van der Waals surface area contributed by atoms with Crippen LogP contribution >= 0.6 is 0 Å². The molecule has 0 unspecified atom stereocenters. The summed E-state index contributed by atoms with van der Waals surface area (Å²) in [4.78, 5) is 13.7. The highest BCUT2D eigenvalue weighted by atomic mass is 15.0. The van der Waals surface area contributed by atoms with Crippen LogP contribution < -0.4 is 5.32 Å². The summed E-state index contributed by atoms with van der Waals surface area (Å²) in [6, 6.07) is 6.08. The van der Waals surface area contributed by atoms with Crippen molar-refractivity contribution in [3.05, 3.63) is 41.3 Å². The Morgan fingerprint density at radius 1 is 1.24 bits per heavy atom. The third-order valence-corrected chi connectivity index (χ3v) is 3.25. The van der Waals surface area contributed by atoms with E-state index in [1.54, 1.807) is 6.20 Å². The Balaban J connectivity index is 2.26. The Hall–Kier alpha value is -1.81. The highest BCUT2D eigenvalue weighted by molar-refractivity contribution is 5.54. The van der Waals surface area contributed by atoms with Crippen molar-refractivity contribution in [2.45, 2.75) is 40.7 Å². The van der Waals surface area contributed by atoms with Gasteiger partial charge in [0.05, 0.1) is 5.69 Å². The van der Waals surface area contributed by atoms with Crippen LogP contribution in [0.3, 0.4) is 0 Å². The van der Waals surface area contributed by atoms with Gasteiger partial charge in [0.2, 0.25) is 0 Å². The normalized spacial score (nSPS) is 11.1. The first kappa shape index (κ1) is 15.6. The summed E-state index contributed by atoms with van der Waals surface area (Å²) in [5, 5.41) is 3.42. The zero-order valence-corrected chi connectivity index (χ0v) is 13.3. The van der Waals surface area contributed by atoms with E-state index < -0.39 is 0 Å². The van der Waals surface area contributed by atoms with Crippen molar-refractivity contribution in [3.63, 3.8) is 0 Å². The lowest BCUT2D eigenvalue weighted by molar-refractivity contribution is 0.548. The standard InChI is InChI=1S/C17H24N4/c1-5-14-7-6-8-19-16(14)17-20-13(4)9-15(21-17)11-18-10-12(2)3/h6-9,12,18H,5,10-11H2,1-4H3. The smallest absolute Gasteiger partial charge is 0.178 e. The molecular formula is C17H24N4. The second kappa shape index (κ2) is 7.27. The van der Waals surface area contributed by atoms with Crippen LogP contribution in [-0.4, -0.2) is 21.5 Å². The summed E-state index contributed by atoms with van der Waals surface area (Å²) in [6.45, 7) is 10.3. The minimum absolute atomic E-state index is 0.634. The lowest BCUT2D eigenvalue weighted by Crippen LogP contribution is -2.20. The Bertz CT molecular complexity index is 593. The third-order valence-electron chi connectivity index (χ3n) is 3.25. The average molecular weight is 284 g/mol. The van der Waals surface area contributed by atoms with Gasteiger partial charge in [-0.25, -0.2) is 9.97 Å². The Labute approximate surface area is 127 Å². The zero-order chi connectivity index (χ0) is 15.2. The molecule has 2 aromatic heterocycles. The third kappa shape index (κ3) is 4.33. The maximum atomic E-state index is 4.67. The van der Waals surface area contributed by atoms with Gasteiger partial charge >= 0.3 is 0 Å². The fourth-order valence-corrected chi connectivity index (χ4v) is 2.24. The molecular weight excluding hydrogens is 260 g/mol. The second-order valence-corrected chi connectivity index (χ2v) is 5.71. The number of aryl methyl sites for hydroxylation is 2. The molecule has 0 aromatic carbocycles. The minimum atomic E-state index is 0.634. The van der Waals surface area contributed by atoms with Crippen molar-refractivity contribution < 1.29 is 0 Å². The van der Waals surface area contributed by atoms with Crippen LogP contribution in [0.1, 0.15) is 37.7 Å². The predicted molar refractivity (Wildman–Crippen MR) is 85.9 cm³/mol.